The van der Waals surface area contributed by atoms with E-state index in [1.54, 1.807) is 47.2 Å². The van der Waals surface area contributed by atoms with Gasteiger partial charge in [-0.3, -0.25) is 18.9 Å². The topological polar surface area (TPSA) is 87.2 Å². The zero-order valence-electron chi connectivity index (χ0n) is 19.5. The van der Waals surface area contributed by atoms with Crippen molar-refractivity contribution in [2.24, 2.45) is 19.1 Å². The van der Waals surface area contributed by atoms with Crippen LogP contribution in [0.4, 0.5) is 5.69 Å². The van der Waals surface area contributed by atoms with Gasteiger partial charge in [0.15, 0.2) is 16.3 Å². The fraction of sp³-hybridized carbons (Fsp3) is 0.292. The molecule has 0 aliphatic carbocycles. The van der Waals surface area contributed by atoms with Crippen LogP contribution in [-0.4, -0.2) is 41.3 Å². The van der Waals surface area contributed by atoms with E-state index in [-0.39, 0.29) is 21.5 Å². The van der Waals surface area contributed by atoms with Crippen LogP contribution in [0.5, 0.6) is 23.1 Å². The smallest absolute Gasteiger partial charge is 0.267 e. The van der Waals surface area contributed by atoms with E-state index in [2.05, 4.69) is 0 Å². The van der Waals surface area contributed by atoms with E-state index >= 15 is 0 Å². The van der Waals surface area contributed by atoms with E-state index in [9.17, 15) is 9.90 Å². The molecule has 1 aliphatic heterocycles. The molecule has 0 saturated carbocycles. The van der Waals surface area contributed by atoms with Crippen LogP contribution in [0, 0.1) is 4.77 Å². The maximum absolute atomic E-state index is 13.2. The Bertz CT molecular complexity index is 1410. The largest absolute Gasteiger partial charge is 0.494 e. The minimum atomic E-state index is -0.401. The summed E-state index contributed by atoms with van der Waals surface area (Å²) in [5.41, 5.74) is 1.76. The highest BCUT2D eigenvalue weighted by Crippen LogP contribution is 2.51. The number of methoxy groups -OCH3 is 3. The second-order valence-electron chi connectivity index (χ2n) is 7.66. The Kier molecular flexibility index (Phi) is 6.72. The minimum Gasteiger partial charge on any atom is -0.494 e. The molecule has 178 valence electrons. The average molecular weight is 500 g/mol. The molecule has 4 rings (SSSR count). The summed E-state index contributed by atoms with van der Waals surface area (Å²) in [5.74, 6) is 1.37. The van der Waals surface area contributed by atoms with Crippen molar-refractivity contribution in [3.63, 3.8) is 0 Å². The van der Waals surface area contributed by atoms with Crippen LogP contribution in [-0.2, 0) is 14.1 Å². The summed E-state index contributed by atoms with van der Waals surface area (Å²) in [7, 11) is 7.91. The predicted octanol–water partition coefficient (Wildman–Crippen LogP) is 4.54. The third-order valence-corrected chi connectivity index (χ3v) is 7.62. The van der Waals surface area contributed by atoms with Gasteiger partial charge >= 0.3 is 0 Å². The van der Waals surface area contributed by atoms with Gasteiger partial charge in [-0.2, -0.15) is 0 Å². The molecular formula is C24H25N3O5S2. The fourth-order valence-corrected chi connectivity index (χ4v) is 5.43. The number of ether oxygens (including phenoxy) is 3. The molecule has 0 unspecified atom stereocenters. The maximum Gasteiger partial charge on any atom is 0.267 e. The molecule has 10 heteroatoms. The molecule has 0 spiro atoms. The first-order chi connectivity index (χ1) is 16.3. The first-order valence-electron chi connectivity index (χ1n) is 10.4. The van der Waals surface area contributed by atoms with Crippen LogP contribution in [0.25, 0.3) is 0 Å². The van der Waals surface area contributed by atoms with Crippen molar-refractivity contribution in [2.45, 2.75) is 16.6 Å². The molecule has 2 heterocycles. The van der Waals surface area contributed by atoms with Gasteiger partial charge in [0.05, 0.1) is 32.7 Å². The Morgan fingerprint density at radius 2 is 1.74 bits per heavy atom. The second-order valence-corrected chi connectivity index (χ2v) is 9.27. The number of aromatic nitrogens is 2. The lowest BCUT2D eigenvalue weighted by Gasteiger charge is -2.22. The summed E-state index contributed by atoms with van der Waals surface area (Å²) in [4.78, 5) is 19.0. The van der Waals surface area contributed by atoms with Gasteiger partial charge < -0.3 is 19.3 Å². The number of hydrogen-bond acceptors (Lipinski definition) is 8. The lowest BCUT2D eigenvalue weighted by molar-refractivity contribution is 0.322. The zero-order valence-corrected chi connectivity index (χ0v) is 21.1. The molecule has 3 aromatic rings. The molecule has 34 heavy (non-hydrogen) atoms. The van der Waals surface area contributed by atoms with Crippen LogP contribution in [0.15, 0.2) is 51.1 Å². The number of aromatic hydroxyl groups is 1. The molecule has 0 fully saturated rings. The quantitative estimate of drug-likeness (QED) is 0.516. The van der Waals surface area contributed by atoms with Crippen LogP contribution >= 0.6 is 24.0 Å². The van der Waals surface area contributed by atoms with Crippen LogP contribution in [0.2, 0.25) is 0 Å². The number of hydrogen-bond donors (Lipinski definition) is 1. The van der Waals surface area contributed by atoms with Gasteiger partial charge in [0, 0.05) is 36.2 Å². The van der Waals surface area contributed by atoms with Crippen molar-refractivity contribution in [1.82, 2.24) is 9.13 Å². The summed E-state index contributed by atoms with van der Waals surface area (Å²) in [5, 5.41) is 10.7. The fourth-order valence-electron chi connectivity index (χ4n) is 4.01. The maximum atomic E-state index is 13.2. The summed E-state index contributed by atoms with van der Waals surface area (Å²) in [6, 6.07) is 11.5. The third-order valence-electron chi connectivity index (χ3n) is 5.77. The normalized spacial score (nSPS) is 15.2. The van der Waals surface area contributed by atoms with Gasteiger partial charge in [-0.25, -0.2) is 0 Å². The molecule has 2 aromatic carbocycles. The highest BCUT2D eigenvalue weighted by Gasteiger charge is 2.30. The van der Waals surface area contributed by atoms with Crippen molar-refractivity contribution in [1.29, 1.82) is 0 Å². The highest BCUT2D eigenvalue weighted by atomic mass is 32.2. The number of thioether (sulfide) groups is 1. The van der Waals surface area contributed by atoms with Crippen molar-refractivity contribution < 1.29 is 19.3 Å². The summed E-state index contributed by atoms with van der Waals surface area (Å²) >= 11 is 6.89. The molecule has 8 nitrogen and oxygen atoms in total. The Labute approximate surface area is 206 Å². The lowest BCUT2D eigenvalue weighted by atomic mass is 10.0. The van der Waals surface area contributed by atoms with Gasteiger partial charge in [-0.1, -0.05) is 18.2 Å². The molecule has 0 saturated heterocycles. The molecule has 1 aromatic heterocycles. The standard InChI is InChI=1S/C24H25N3O5S2/c1-26-22(28)19(23(29)27(2)24(26)33)15-12-18(34-17-9-7-6-8-14(17)25-15)13-10-11-16(30-3)21(32-5)20(13)31-4/h6-11,18,28H,12H2,1-5H3/t18-/m1/s1. The minimum absolute atomic E-state index is 0.125. The first kappa shape index (κ1) is 23.9. The predicted molar refractivity (Wildman–Crippen MR) is 135 cm³/mol. The number of nitrogens with zero attached hydrogens (tertiary/aromatic N) is 3. The Hall–Kier alpha value is -3.24. The van der Waals surface area contributed by atoms with Crippen molar-refractivity contribution in [3.05, 3.63) is 62.6 Å². The monoisotopic (exact) mass is 499 g/mol. The van der Waals surface area contributed by atoms with Gasteiger partial charge in [0.2, 0.25) is 11.6 Å². The average Bonchev–Trinajstić information content (AvgIpc) is 3.04. The Balaban J connectivity index is 1.96. The number of fused-ring (bicyclic) bond motifs is 1. The molecule has 0 radical (unpaired) electrons. The lowest BCUT2D eigenvalue weighted by Crippen LogP contribution is -2.29. The third kappa shape index (κ3) is 3.97. The second kappa shape index (κ2) is 9.55. The van der Waals surface area contributed by atoms with E-state index in [0.717, 1.165) is 16.1 Å². The van der Waals surface area contributed by atoms with Gasteiger partial charge in [0.1, 0.15) is 5.56 Å². The molecular weight excluding hydrogens is 474 g/mol. The molecule has 1 N–H and O–H groups in total. The van der Waals surface area contributed by atoms with E-state index in [0.29, 0.717) is 29.4 Å². The molecule has 0 amide bonds. The van der Waals surface area contributed by atoms with Crippen molar-refractivity contribution in [2.75, 3.05) is 21.3 Å². The van der Waals surface area contributed by atoms with Crippen molar-refractivity contribution >= 4 is 35.4 Å². The van der Waals surface area contributed by atoms with Crippen molar-refractivity contribution in [3.8, 4) is 23.1 Å². The van der Waals surface area contributed by atoms with E-state index in [1.807, 2.05) is 36.4 Å². The van der Waals surface area contributed by atoms with E-state index in [4.69, 9.17) is 31.4 Å². The highest BCUT2D eigenvalue weighted by molar-refractivity contribution is 7.99. The molecule has 1 aliphatic rings. The van der Waals surface area contributed by atoms with Crippen LogP contribution in [0.1, 0.15) is 22.8 Å². The summed E-state index contributed by atoms with van der Waals surface area (Å²) in [6.45, 7) is 0. The first-order valence-corrected chi connectivity index (χ1v) is 11.7. The Morgan fingerprint density at radius 1 is 1.03 bits per heavy atom. The van der Waals surface area contributed by atoms with E-state index in [1.165, 1.54) is 9.13 Å². The number of benzene rings is 2. The molecule has 0 bridgehead atoms. The SMILES string of the molecule is COc1ccc([C@H]2CC(c3c(O)n(C)c(=S)n(C)c3=O)=Nc3ccccc3S2)c(OC)c1OC. The number of aliphatic imine (C=N–C) groups is 1. The van der Waals surface area contributed by atoms with Crippen LogP contribution < -0.4 is 19.8 Å². The van der Waals surface area contributed by atoms with Gasteiger partial charge in [-0.05, 0) is 30.4 Å². The molecule has 1 atom stereocenters. The number of para-hydroxylation sites is 1. The van der Waals surface area contributed by atoms with E-state index < -0.39 is 5.56 Å². The Morgan fingerprint density at radius 3 is 2.41 bits per heavy atom. The summed E-state index contributed by atoms with van der Waals surface area (Å²) < 4.78 is 19.7. The number of rotatable bonds is 5. The van der Waals surface area contributed by atoms with Gasteiger partial charge in [-0.15, -0.1) is 11.8 Å². The van der Waals surface area contributed by atoms with Gasteiger partial charge in [0.25, 0.3) is 5.56 Å². The zero-order chi connectivity index (χ0) is 24.6. The van der Waals surface area contributed by atoms with Crippen LogP contribution in [0.3, 0.4) is 0 Å². The summed E-state index contributed by atoms with van der Waals surface area (Å²) in [6.07, 6.45) is 0.352.